The molecule has 4 rings (SSSR count). The van der Waals surface area contributed by atoms with Crippen molar-refractivity contribution in [1.29, 1.82) is 0 Å². The average Bonchev–Trinajstić information content (AvgIpc) is 2.96. The second-order valence-electron chi connectivity index (χ2n) is 8.43. The Bertz CT molecular complexity index is 915. The normalized spacial score (nSPS) is 21.3. The molecule has 158 valence electrons. The van der Waals surface area contributed by atoms with E-state index in [1.807, 2.05) is 0 Å². The van der Waals surface area contributed by atoms with Crippen molar-refractivity contribution >= 4 is 39.8 Å². The number of thiocarbonyl (C=S) groups is 1. The Balaban J connectivity index is 1.82. The summed E-state index contributed by atoms with van der Waals surface area (Å²) in [5, 5.41) is 3.00. The van der Waals surface area contributed by atoms with E-state index < -0.39 is 0 Å². The third-order valence-corrected chi connectivity index (χ3v) is 7.47. The lowest BCUT2D eigenvalue weighted by molar-refractivity contribution is 0.124. The highest BCUT2D eigenvalue weighted by Crippen LogP contribution is 2.46. The van der Waals surface area contributed by atoms with Crippen LogP contribution in [0.3, 0.4) is 0 Å². The van der Waals surface area contributed by atoms with Crippen LogP contribution in [0.2, 0.25) is 5.02 Å². The summed E-state index contributed by atoms with van der Waals surface area (Å²) in [6.45, 7) is 13.0. The van der Waals surface area contributed by atoms with Gasteiger partial charge in [0.1, 0.15) is 0 Å². The van der Waals surface area contributed by atoms with Crippen molar-refractivity contribution < 1.29 is 0 Å². The summed E-state index contributed by atoms with van der Waals surface area (Å²) in [4.78, 5) is 4.89. The van der Waals surface area contributed by atoms with Crippen LogP contribution in [0.25, 0.3) is 10.9 Å². The smallest absolute Gasteiger partial charge is 0.188 e. The van der Waals surface area contributed by atoms with Gasteiger partial charge < -0.3 is 4.90 Å². The monoisotopic (exact) mass is 432 g/mol. The molecule has 6 heteroatoms. The maximum Gasteiger partial charge on any atom is 0.188 e. The summed E-state index contributed by atoms with van der Waals surface area (Å²) in [5.74, 6) is 0.578. The molecule has 1 N–H and O–H groups in total. The van der Waals surface area contributed by atoms with E-state index in [1.165, 1.54) is 60.1 Å². The summed E-state index contributed by atoms with van der Waals surface area (Å²) in [5.41, 5.74) is 8.85. The summed E-state index contributed by atoms with van der Waals surface area (Å²) in [7, 11) is 0. The number of hydrogen-bond donors (Lipinski definition) is 1. The molecule has 2 heterocycles. The van der Waals surface area contributed by atoms with Crippen molar-refractivity contribution in [3.8, 4) is 0 Å². The van der Waals surface area contributed by atoms with Crippen molar-refractivity contribution in [1.82, 2.24) is 14.5 Å². The predicted octanol–water partition coefficient (Wildman–Crippen LogP) is 5.29. The van der Waals surface area contributed by atoms with Crippen LogP contribution in [-0.2, 0) is 6.42 Å². The molecular weight excluding hydrogens is 400 g/mol. The number of nitrogens with one attached hydrogen (secondary N) is 1. The molecule has 2 aliphatic rings. The fourth-order valence-electron chi connectivity index (χ4n) is 5.51. The first-order valence-electron chi connectivity index (χ1n) is 11.1. The number of hydrogen-bond acceptors (Lipinski definition) is 2. The molecule has 1 aliphatic heterocycles. The van der Waals surface area contributed by atoms with Gasteiger partial charge in [-0.2, -0.15) is 0 Å². The minimum Gasteiger partial charge on any atom is -0.348 e. The maximum atomic E-state index is 6.64. The molecule has 0 saturated carbocycles. The molecule has 1 aliphatic carbocycles. The minimum absolute atomic E-state index is 0.578. The first kappa shape index (κ1) is 21.0. The van der Waals surface area contributed by atoms with E-state index in [1.54, 1.807) is 0 Å². The first-order chi connectivity index (χ1) is 14.0. The lowest BCUT2D eigenvalue weighted by Gasteiger charge is -2.44. The molecule has 1 aromatic heterocycles. The topological polar surface area (TPSA) is 23.4 Å². The van der Waals surface area contributed by atoms with Gasteiger partial charge in [-0.3, -0.25) is 15.0 Å². The van der Waals surface area contributed by atoms with E-state index in [0.29, 0.717) is 12.0 Å². The summed E-state index contributed by atoms with van der Waals surface area (Å²) in [6.07, 6.45) is 4.86. The summed E-state index contributed by atoms with van der Waals surface area (Å²) >= 11 is 12.4. The lowest BCUT2D eigenvalue weighted by Crippen LogP contribution is -2.47. The van der Waals surface area contributed by atoms with Crippen LogP contribution in [0.1, 0.15) is 62.8 Å². The molecule has 0 spiro atoms. The van der Waals surface area contributed by atoms with E-state index in [4.69, 9.17) is 23.8 Å². The van der Waals surface area contributed by atoms with Crippen LogP contribution < -0.4 is 5.43 Å². The number of fused-ring (bicyclic) bond motifs is 2. The molecule has 1 fully saturated rings. The van der Waals surface area contributed by atoms with Gasteiger partial charge in [0.25, 0.3) is 0 Å². The van der Waals surface area contributed by atoms with Crippen LogP contribution in [0, 0.1) is 6.92 Å². The van der Waals surface area contributed by atoms with Gasteiger partial charge in [-0.1, -0.05) is 18.5 Å². The molecule has 29 heavy (non-hydrogen) atoms. The fraction of sp³-hybridized carbons (Fsp3) is 0.609. The molecule has 0 amide bonds. The van der Waals surface area contributed by atoms with Crippen LogP contribution in [0.4, 0.5) is 0 Å². The zero-order valence-electron chi connectivity index (χ0n) is 18.1. The van der Waals surface area contributed by atoms with Crippen molar-refractivity contribution in [3.05, 3.63) is 34.0 Å². The van der Waals surface area contributed by atoms with E-state index >= 15 is 0 Å². The third kappa shape index (κ3) is 3.55. The largest absolute Gasteiger partial charge is 0.348 e. The van der Waals surface area contributed by atoms with Crippen molar-refractivity contribution in [3.63, 3.8) is 0 Å². The van der Waals surface area contributed by atoms with Gasteiger partial charge in [0, 0.05) is 41.2 Å². The number of likely N-dealkylation sites (tertiary alicyclic amines) is 1. The second-order valence-corrected chi connectivity index (χ2v) is 9.26. The van der Waals surface area contributed by atoms with Crippen molar-refractivity contribution in [2.24, 2.45) is 0 Å². The van der Waals surface area contributed by atoms with E-state index in [9.17, 15) is 0 Å². The summed E-state index contributed by atoms with van der Waals surface area (Å²) < 4.78 is 2.18. The first-order valence-corrected chi connectivity index (χ1v) is 11.9. The standard InChI is InChI=1S/C23H33ClN4S/c1-5-10-27-11-8-9-17-19-12-16(24)13-21-22(19)18(14-20(17)27)15(4)28(21)25-23(29)26(6-2)7-3/h12-13,17,20H,5-11,14H2,1-4H3,(H,25,29)/t17-,20-/m1/s1. The van der Waals surface area contributed by atoms with Gasteiger partial charge in [-0.15, -0.1) is 0 Å². The SMILES string of the molecule is CCCN1CCC[C@@H]2c3cc(Cl)cc4c3c(c(C)n4NC(=S)N(CC)CC)C[C@H]21. The third-order valence-electron chi connectivity index (χ3n) is 6.90. The Morgan fingerprint density at radius 1 is 1.28 bits per heavy atom. The quantitative estimate of drug-likeness (QED) is 0.648. The molecule has 1 aromatic carbocycles. The Labute approximate surface area is 185 Å². The molecule has 2 atom stereocenters. The zero-order valence-corrected chi connectivity index (χ0v) is 19.7. The Kier molecular flexibility index (Phi) is 6.10. The molecule has 0 unspecified atom stereocenters. The molecule has 0 radical (unpaired) electrons. The lowest BCUT2D eigenvalue weighted by atomic mass is 9.74. The fourth-order valence-corrected chi connectivity index (χ4v) is 6.08. The number of nitrogens with zero attached hydrogens (tertiary/aromatic N) is 3. The van der Waals surface area contributed by atoms with Crippen LogP contribution in [0.5, 0.6) is 0 Å². The van der Waals surface area contributed by atoms with Crippen LogP contribution in [0.15, 0.2) is 12.1 Å². The van der Waals surface area contributed by atoms with Gasteiger partial charge in [-0.05, 0) is 95.0 Å². The highest BCUT2D eigenvalue weighted by Gasteiger charge is 2.39. The number of piperidine rings is 1. The van der Waals surface area contributed by atoms with Crippen LogP contribution in [-0.4, -0.2) is 51.8 Å². The molecule has 2 aromatic rings. The minimum atomic E-state index is 0.578. The van der Waals surface area contributed by atoms with Crippen molar-refractivity contribution in [2.75, 3.05) is 31.6 Å². The van der Waals surface area contributed by atoms with Gasteiger partial charge in [0.2, 0.25) is 0 Å². The molecule has 0 bridgehead atoms. The Morgan fingerprint density at radius 3 is 2.72 bits per heavy atom. The Hall–Kier alpha value is -1.30. The van der Waals surface area contributed by atoms with Crippen molar-refractivity contribution in [2.45, 2.75) is 65.3 Å². The Morgan fingerprint density at radius 2 is 2.03 bits per heavy atom. The number of aromatic nitrogens is 1. The van der Waals surface area contributed by atoms with E-state index in [2.05, 4.69) is 59.7 Å². The van der Waals surface area contributed by atoms with Gasteiger partial charge >= 0.3 is 0 Å². The van der Waals surface area contributed by atoms with Crippen LogP contribution >= 0.6 is 23.8 Å². The van der Waals surface area contributed by atoms with E-state index in [0.717, 1.165) is 29.6 Å². The van der Waals surface area contributed by atoms with Gasteiger partial charge in [-0.25, -0.2) is 0 Å². The number of halogens is 1. The average molecular weight is 433 g/mol. The molecular formula is C23H33ClN4S. The predicted molar refractivity (Wildman–Crippen MR) is 128 cm³/mol. The highest BCUT2D eigenvalue weighted by molar-refractivity contribution is 7.80. The van der Waals surface area contributed by atoms with E-state index in [-0.39, 0.29) is 0 Å². The highest BCUT2D eigenvalue weighted by atomic mass is 35.5. The molecule has 4 nitrogen and oxygen atoms in total. The molecule has 1 saturated heterocycles. The van der Waals surface area contributed by atoms with Gasteiger partial charge in [0.05, 0.1) is 5.52 Å². The zero-order chi connectivity index (χ0) is 20.7. The number of rotatable bonds is 5. The number of benzene rings is 1. The van der Waals surface area contributed by atoms with Gasteiger partial charge in [0.15, 0.2) is 5.11 Å². The maximum absolute atomic E-state index is 6.64. The second kappa shape index (κ2) is 8.44. The summed E-state index contributed by atoms with van der Waals surface area (Å²) in [6, 6.07) is 4.91.